The number of nitro benzene ring substituents is 2. The van der Waals surface area contributed by atoms with Crippen LogP contribution in [0.1, 0.15) is 16.7 Å². The molecule has 0 radical (unpaired) electrons. The average molecular weight is 372 g/mol. The predicted molar refractivity (Wildman–Crippen MR) is 102 cm³/mol. The van der Waals surface area contributed by atoms with E-state index in [0.717, 1.165) is 22.4 Å². The van der Waals surface area contributed by atoms with Gasteiger partial charge in [-0.05, 0) is 38.0 Å². The normalized spacial score (nSPS) is 10.3. The number of amides is 1. The summed E-state index contributed by atoms with van der Waals surface area (Å²) in [5.41, 5.74) is 2.75. The first kappa shape index (κ1) is 19.8. The number of nitrogens with zero attached hydrogens (tertiary/aromatic N) is 3. The minimum atomic E-state index is -0.679. The highest BCUT2D eigenvalue weighted by Gasteiger charge is 2.24. The molecule has 0 unspecified atom stereocenters. The lowest BCUT2D eigenvalue weighted by Crippen LogP contribution is -2.29. The topological polar surface area (TPSA) is 119 Å². The van der Waals surface area contributed by atoms with Crippen molar-refractivity contribution >= 4 is 29.2 Å². The van der Waals surface area contributed by atoms with Crippen molar-refractivity contribution in [2.75, 3.05) is 23.3 Å². The monoisotopic (exact) mass is 372 g/mol. The summed E-state index contributed by atoms with van der Waals surface area (Å²) in [7, 11) is 0. The molecule has 0 fully saturated rings. The first-order valence-electron chi connectivity index (χ1n) is 8.21. The number of benzene rings is 2. The molecule has 0 saturated heterocycles. The lowest BCUT2D eigenvalue weighted by Gasteiger charge is -2.23. The van der Waals surface area contributed by atoms with Gasteiger partial charge >= 0.3 is 0 Å². The fourth-order valence-corrected chi connectivity index (χ4v) is 3.16. The van der Waals surface area contributed by atoms with E-state index < -0.39 is 9.85 Å². The molecule has 142 valence electrons. The van der Waals surface area contributed by atoms with Crippen LogP contribution in [0, 0.1) is 41.0 Å². The van der Waals surface area contributed by atoms with Gasteiger partial charge in [0.15, 0.2) is 5.69 Å². The fraction of sp³-hybridized carbons (Fsp3) is 0.278. The summed E-state index contributed by atoms with van der Waals surface area (Å²) in [4.78, 5) is 34.0. The second-order valence-electron chi connectivity index (χ2n) is 6.16. The van der Waals surface area contributed by atoms with Gasteiger partial charge in [0.05, 0.1) is 9.85 Å². The number of rotatable bonds is 8. The van der Waals surface area contributed by atoms with Crippen LogP contribution in [0.25, 0.3) is 0 Å². The van der Waals surface area contributed by atoms with Gasteiger partial charge in [-0.2, -0.15) is 0 Å². The molecular formula is C18H20N4O5. The third-order valence-corrected chi connectivity index (χ3v) is 4.12. The van der Waals surface area contributed by atoms with Crippen LogP contribution in [0.2, 0.25) is 0 Å². The highest BCUT2D eigenvalue weighted by atomic mass is 16.6. The number of hydrogen-bond donors (Lipinski definition) is 1. The van der Waals surface area contributed by atoms with Crippen molar-refractivity contribution in [1.29, 1.82) is 0 Å². The van der Waals surface area contributed by atoms with E-state index in [9.17, 15) is 25.0 Å². The molecule has 9 nitrogen and oxygen atoms in total. The van der Waals surface area contributed by atoms with E-state index in [2.05, 4.69) is 5.32 Å². The lowest BCUT2D eigenvalue weighted by molar-refractivity contribution is -0.392. The highest BCUT2D eigenvalue weighted by molar-refractivity contribution is 5.79. The summed E-state index contributed by atoms with van der Waals surface area (Å²) < 4.78 is 0. The Hall–Kier alpha value is -3.49. The zero-order valence-electron chi connectivity index (χ0n) is 15.3. The molecule has 0 aliphatic carbocycles. The largest absolute Gasteiger partial charge is 0.372 e. The molecule has 0 bridgehead atoms. The van der Waals surface area contributed by atoms with Crippen molar-refractivity contribution in [1.82, 2.24) is 0 Å². The Morgan fingerprint density at radius 2 is 1.56 bits per heavy atom. The van der Waals surface area contributed by atoms with Crippen molar-refractivity contribution in [3.63, 3.8) is 0 Å². The zero-order chi connectivity index (χ0) is 20.1. The molecule has 2 rings (SSSR count). The SMILES string of the molecule is Cc1cc(C)c(N(C=O)CCNc2c([N+](=O)[O-])cccc2[N+](=O)[O-])c(C)c1. The molecule has 0 atom stereocenters. The van der Waals surface area contributed by atoms with Crippen molar-refractivity contribution in [3.05, 3.63) is 67.3 Å². The number of carbonyl (C=O) groups is 1. The smallest absolute Gasteiger partial charge is 0.299 e. The molecule has 2 aromatic carbocycles. The molecule has 2 aromatic rings. The fourth-order valence-electron chi connectivity index (χ4n) is 3.16. The number of aryl methyl sites for hydroxylation is 3. The average Bonchev–Trinajstić information content (AvgIpc) is 2.59. The molecule has 0 aromatic heterocycles. The molecule has 9 heteroatoms. The van der Waals surface area contributed by atoms with Gasteiger partial charge in [0, 0.05) is 30.9 Å². The number of nitro groups is 2. The number of carbonyl (C=O) groups excluding carboxylic acids is 1. The Kier molecular flexibility index (Phi) is 6.07. The maximum absolute atomic E-state index is 11.6. The molecule has 0 heterocycles. The van der Waals surface area contributed by atoms with E-state index in [-0.39, 0.29) is 30.2 Å². The third kappa shape index (κ3) is 4.38. The molecule has 0 aliphatic heterocycles. The van der Waals surface area contributed by atoms with Crippen LogP contribution in [-0.2, 0) is 4.79 Å². The Morgan fingerprint density at radius 1 is 1.04 bits per heavy atom. The van der Waals surface area contributed by atoms with Gasteiger partial charge in [-0.25, -0.2) is 0 Å². The summed E-state index contributed by atoms with van der Waals surface area (Å²) in [6.45, 7) is 6.05. The molecular weight excluding hydrogens is 352 g/mol. The Balaban J connectivity index is 2.24. The highest BCUT2D eigenvalue weighted by Crippen LogP contribution is 2.33. The maximum atomic E-state index is 11.6. The summed E-state index contributed by atoms with van der Waals surface area (Å²) in [6.07, 6.45) is 0.681. The van der Waals surface area contributed by atoms with Crippen LogP contribution in [0.3, 0.4) is 0 Å². The van der Waals surface area contributed by atoms with Gasteiger partial charge in [0.1, 0.15) is 0 Å². The van der Waals surface area contributed by atoms with E-state index >= 15 is 0 Å². The summed E-state index contributed by atoms with van der Waals surface area (Å²) >= 11 is 0. The van der Waals surface area contributed by atoms with Crippen molar-refractivity contribution in [3.8, 4) is 0 Å². The van der Waals surface area contributed by atoms with Crippen LogP contribution in [0.4, 0.5) is 22.7 Å². The molecule has 1 amide bonds. The Labute approximate surface area is 155 Å². The van der Waals surface area contributed by atoms with E-state index in [1.165, 1.54) is 23.1 Å². The number of anilines is 2. The summed E-state index contributed by atoms with van der Waals surface area (Å²) in [6, 6.07) is 7.57. The first-order valence-corrected chi connectivity index (χ1v) is 8.21. The van der Waals surface area contributed by atoms with Gasteiger partial charge in [-0.1, -0.05) is 17.7 Å². The summed E-state index contributed by atoms with van der Waals surface area (Å²) in [5, 5.41) is 25.1. The molecule has 0 spiro atoms. The van der Waals surface area contributed by atoms with Crippen molar-refractivity contribution in [2.45, 2.75) is 20.8 Å². The van der Waals surface area contributed by atoms with Crippen molar-refractivity contribution in [2.24, 2.45) is 0 Å². The van der Waals surface area contributed by atoms with Crippen molar-refractivity contribution < 1.29 is 14.6 Å². The number of nitrogens with one attached hydrogen (secondary N) is 1. The van der Waals surface area contributed by atoms with E-state index in [1.807, 2.05) is 32.9 Å². The van der Waals surface area contributed by atoms with E-state index in [0.29, 0.717) is 6.41 Å². The first-order chi connectivity index (χ1) is 12.8. The quantitative estimate of drug-likeness (QED) is 0.430. The zero-order valence-corrected chi connectivity index (χ0v) is 15.3. The number of hydrogen-bond acceptors (Lipinski definition) is 6. The molecule has 1 N–H and O–H groups in total. The van der Waals surface area contributed by atoms with Gasteiger partial charge in [0.25, 0.3) is 11.4 Å². The van der Waals surface area contributed by atoms with E-state index in [4.69, 9.17) is 0 Å². The third-order valence-electron chi connectivity index (χ3n) is 4.12. The van der Waals surface area contributed by atoms with Gasteiger partial charge in [0.2, 0.25) is 6.41 Å². The molecule has 0 aliphatic rings. The van der Waals surface area contributed by atoms with Crippen LogP contribution in [-0.4, -0.2) is 29.3 Å². The lowest BCUT2D eigenvalue weighted by atomic mass is 10.0. The second kappa shape index (κ2) is 8.26. The van der Waals surface area contributed by atoms with Crippen LogP contribution < -0.4 is 10.2 Å². The molecule has 27 heavy (non-hydrogen) atoms. The minimum absolute atomic E-state index is 0.108. The Bertz CT molecular complexity index is 842. The predicted octanol–water partition coefficient (Wildman–Crippen LogP) is 3.50. The Morgan fingerprint density at radius 3 is 2.00 bits per heavy atom. The second-order valence-corrected chi connectivity index (χ2v) is 6.16. The van der Waals surface area contributed by atoms with Gasteiger partial charge < -0.3 is 10.2 Å². The van der Waals surface area contributed by atoms with Crippen LogP contribution in [0.5, 0.6) is 0 Å². The number of para-hydroxylation sites is 1. The van der Waals surface area contributed by atoms with Gasteiger partial charge in [-0.15, -0.1) is 0 Å². The standard InChI is InChI=1S/C18H20N4O5/c1-12-9-13(2)18(14(3)10-12)20(11-23)8-7-19-17-15(21(24)25)5-4-6-16(17)22(26)27/h4-6,9-11,19H,7-8H2,1-3H3. The van der Waals surface area contributed by atoms with E-state index in [1.54, 1.807) is 0 Å². The molecule has 0 saturated carbocycles. The van der Waals surface area contributed by atoms with Crippen LogP contribution in [0.15, 0.2) is 30.3 Å². The van der Waals surface area contributed by atoms with Crippen LogP contribution >= 0.6 is 0 Å². The van der Waals surface area contributed by atoms with Gasteiger partial charge in [-0.3, -0.25) is 25.0 Å². The maximum Gasteiger partial charge on any atom is 0.299 e. The minimum Gasteiger partial charge on any atom is -0.372 e. The summed E-state index contributed by atoms with van der Waals surface area (Å²) in [5.74, 6) is 0.